The van der Waals surface area contributed by atoms with Crippen molar-refractivity contribution in [2.45, 2.75) is 45.1 Å². The summed E-state index contributed by atoms with van der Waals surface area (Å²) in [6.07, 6.45) is 2.71. The van der Waals surface area contributed by atoms with Gasteiger partial charge in [-0.3, -0.25) is 13.9 Å². The molecule has 1 aromatic heterocycles. The fraction of sp³-hybridized carbons (Fsp3) is 0.517. The minimum atomic E-state index is -3.67. The zero-order valence-corrected chi connectivity index (χ0v) is 24.9. The monoisotopic (exact) mass is 570 g/mol. The van der Waals surface area contributed by atoms with Gasteiger partial charge in [-0.2, -0.15) is 12.8 Å². The maximum atomic E-state index is 12.9. The van der Waals surface area contributed by atoms with Gasteiger partial charge < -0.3 is 9.80 Å². The van der Waals surface area contributed by atoms with Gasteiger partial charge in [0.2, 0.25) is 5.91 Å². The lowest BCUT2D eigenvalue weighted by molar-refractivity contribution is -0.136. The van der Waals surface area contributed by atoms with Crippen molar-refractivity contribution in [3.05, 3.63) is 59.2 Å². The van der Waals surface area contributed by atoms with Gasteiger partial charge >= 0.3 is 0 Å². The van der Waals surface area contributed by atoms with Crippen molar-refractivity contribution >= 4 is 43.5 Å². The summed E-state index contributed by atoms with van der Waals surface area (Å²) in [6.45, 7) is 11.3. The summed E-state index contributed by atoms with van der Waals surface area (Å²) >= 11 is 1.58. The first-order valence-corrected chi connectivity index (χ1v) is 16.2. The number of aromatic nitrogens is 1. The van der Waals surface area contributed by atoms with Gasteiger partial charge in [0, 0.05) is 56.1 Å². The molecule has 210 valence electrons. The van der Waals surface area contributed by atoms with Crippen molar-refractivity contribution in [1.82, 2.24) is 14.2 Å². The molecule has 1 aliphatic heterocycles. The van der Waals surface area contributed by atoms with Crippen LogP contribution in [0.2, 0.25) is 0 Å². The number of benzene rings is 2. The molecular formula is C29H38N4O4S2. The highest BCUT2D eigenvalue weighted by molar-refractivity contribution is 7.86. The molecule has 10 heteroatoms. The molecule has 1 fully saturated rings. The first-order valence-electron chi connectivity index (χ1n) is 13.6. The van der Waals surface area contributed by atoms with Crippen molar-refractivity contribution in [2.24, 2.45) is 0 Å². The lowest BCUT2D eigenvalue weighted by Gasteiger charge is -2.37. The molecule has 0 radical (unpaired) electrons. The number of anilines is 1. The largest absolute Gasteiger partial charge is 0.353 e. The summed E-state index contributed by atoms with van der Waals surface area (Å²) in [6, 6.07) is 15.2. The summed E-state index contributed by atoms with van der Waals surface area (Å²) in [5, 5.41) is 1.25. The van der Waals surface area contributed by atoms with Gasteiger partial charge in [0.05, 0.1) is 11.0 Å². The number of hydrogen-bond donors (Lipinski definition) is 0. The summed E-state index contributed by atoms with van der Waals surface area (Å²) in [5.74, 6) is 0.826. The molecule has 0 bridgehead atoms. The van der Waals surface area contributed by atoms with Gasteiger partial charge in [-0.15, -0.1) is 0 Å². The third kappa shape index (κ3) is 5.99. The van der Waals surface area contributed by atoms with Crippen LogP contribution in [0.15, 0.2) is 42.5 Å². The first-order chi connectivity index (χ1) is 18.6. The van der Waals surface area contributed by atoms with Gasteiger partial charge in [0.1, 0.15) is 12.4 Å². The molecule has 39 heavy (non-hydrogen) atoms. The second-order valence-corrected chi connectivity index (χ2v) is 13.6. The van der Waals surface area contributed by atoms with Crippen LogP contribution in [0.5, 0.6) is 0 Å². The summed E-state index contributed by atoms with van der Waals surface area (Å²) in [5.41, 5.74) is 3.61. The van der Waals surface area contributed by atoms with Crippen LogP contribution in [0.4, 0.5) is 5.82 Å². The van der Waals surface area contributed by atoms with Crippen LogP contribution in [0.1, 0.15) is 37.5 Å². The molecule has 2 aromatic carbocycles. The lowest BCUT2D eigenvalue weighted by Crippen LogP contribution is -2.49. The van der Waals surface area contributed by atoms with Crippen molar-refractivity contribution in [1.29, 1.82) is 0 Å². The lowest BCUT2D eigenvalue weighted by atomic mass is 9.82. The van der Waals surface area contributed by atoms with E-state index in [4.69, 9.17) is 8.56 Å². The second kappa shape index (κ2) is 11.2. The van der Waals surface area contributed by atoms with E-state index >= 15 is 0 Å². The molecule has 5 rings (SSSR count). The van der Waals surface area contributed by atoms with E-state index < -0.39 is 16.7 Å². The molecule has 0 saturated carbocycles. The number of likely N-dealkylation sites (N-methyl/N-ethyl adjacent to an activating group) is 1. The number of piperazine rings is 1. The number of carbonyl (C=O) groups excluding carboxylic acids is 1. The highest BCUT2D eigenvalue weighted by atomic mass is 32.2. The Morgan fingerprint density at radius 3 is 2.62 bits per heavy atom. The van der Waals surface area contributed by atoms with E-state index in [0.717, 1.165) is 57.6 Å². The molecule has 0 spiro atoms. The van der Waals surface area contributed by atoms with Gasteiger partial charge in [-0.05, 0) is 60.1 Å². The minimum absolute atomic E-state index is 0.0433. The van der Waals surface area contributed by atoms with Crippen molar-refractivity contribution in [3.8, 4) is 0 Å². The molecule has 8 nitrogen and oxygen atoms in total. The fourth-order valence-electron chi connectivity index (χ4n) is 6.12. The summed E-state index contributed by atoms with van der Waals surface area (Å²) in [4.78, 5) is 19.6. The Labute approximate surface area is 235 Å². The average Bonchev–Trinajstić information content (AvgIpc) is 3.45. The molecule has 1 saturated heterocycles. The van der Waals surface area contributed by atoms with E-state index in [9.17, 15) is 13.2 Å². The van der Waals surface area contributed by atoms with E-state index in [1.165, 1.54) is 26.8 Å². The fourth-order valence-corrected chi connectivity index (χ4v) is 7.24. The Kier molecular flexibility index (Phi) is 8.01. The third-order valence-corrected chi connectivity index (χ3v) is 9.65. The zero-order valence-electron chi connectivity index (χ0n) is 23.2. The topological polar surface area (TPSA) is 83.0 Å². The van der Waals surface area contributed by atoms with Crippen LogP contribution in [-0.4, -0.2) is 86.7 Å². The van der Waals surface area contributed by atoms with Crippen molar-refractivity contribution in [3.63, 3.8) is 0 Å². The number of hydrogen-bond acceptors (Lipinski definition) is 8. The van der Waals surface area contributed by atoms with E-state index in [2.05, 4.69) is 66.1 Å². The van der Waals surface area contributed by atoms with Gasteiger partial charge in [0.25, 0.3) is 10.1 Å². The highest BCUT2D eigenvalue weighted by Gasteiger charge is 2.43. The molecule has 2 aliphatic rings. The molecule has 1 aliphatic carbocycles. The van der Waals surface area contributed by atoms with Crippen LogP contribution in [0.3, 0.4) is 0 Å². The summed E-state index contributed by atoms with van der Waals surface area (Å²) < 4.78 is 33.6. The number of rotatable bonds is 9. The minimum Gasteiger partial charge on any atom is -0.353 e. The molecule has 0 N–H and O–H groups in total. The van der Waals surface area contributed by atoms with E-state index in [0.29, 0.717) is 6.54 Å². The van der Waals surface area contributed by atoms with E-state index in [1.807, 2.05) is 6.92 Å². The summed E-state index contributed by atoms with van der Waals surface area (Å²) in [7, 11) is -3.67. The quantitative estimate of drug-likeness (QED) is 0.363. The maximum Gasteiger partial charge on any atom is 0.264 e. The van der Waals surface area contributed by atoms with Crippen molar-refractivity contribution < 1.29 is 17.4 Å². The Morgan fingerprint density at radius 2 is 1.90 bits per heavy atom. The standard InChI is InChI=1S/C29H38N4O4S2/c1-5-33(27(34)20-37-39(4,35)36)26-19-22-18-21(10-11-24(22)29(26,2)3)12-13-31-14-16-32(17-15-31)28-23-8-6-7-9-25(23)38-30-28/h6-11,18,26H,5,12-17,19-20H2,1-4H3. The van der Waals surface area contributed by atoms with Crippen LogP contribution in [-0.2, 0) is 37.4 Å². The third-order valence-electron chi connectivity index (χ3n) is 8.29. The Balaban J connectivity index is 1.18. The Morgan fingerprint density at radius 1 is 1.15 bits per heavy atom. The average molecular weight is 571 g/mol. The van der Waals surface area contributed by atoms with Gasteiger partial charge in [-0.25, -0.2) is 0 Å². The predicted octanol–water partition coefficient (Wildman–Crippen LogP) is 3.69. The molecule has 1 atom stereocenters. The van der Waals surface area contributed by atoms with Gasteiger partial charge in [-0.1, -0.05) is 44.2 Å². The van der Waals surface area contributed by atoms with Crippen LogP contribution < -0.4 is 4.90 Å². The number of nitrogens with zero attached hydrogens (tertiary/aromatic N) is 4. The number of fused-ring (bicyclic) bond motifs is 2. The van der Waals surface area contributed by atoms with Crippen LogP contribution in [0.25, 0.3) is 10.1 Å². The number of amides is 1. The number of carbonyl (C=O) groups is 1. The molecule has 2 heterocycles. The Bertz CT molecular complexity index is 1440. The predicted molar refractivity (Wildman–Crippen MR) is 157 cm³/mol. The van der Waals surface area contributed by atoms with E-state index in [-0.39, 0.29) is 17.4 Å². The Hall–Kier alpha value is -2.53. The smallest absolute Gasteiger partial charge is 0.264 e. The van der Waals surface area contributed by atoms with Crippen LogP contribution >= 0.6 is 11.5 Å². The van der Waals surface area contributed by atoms with Gasteiger partial charge in [0.15, 0.2) is 0 Å². The normalized spacial score (nSPS) is 19.4. The van der Waals surface area contributed by atoms with Crippen LogP contribution in [0, 0.1) is 0 Å². The van der Waals surface area contributed by atoms with Crippen molar-refractivity contribution in [2.75, 3.05) is 57.0 Å². The highest BCUT2D eigenvalue weighted by Crippen LogP contribution is 2.42. The first kappa shape index (κ1) is 28.0. The molecule has 1 unspecified atom stereocenters. The van der Waals surface area contributed by atoms with E-state index in [1.54, 1.807) is 16.4 Å². The molecule has 3 aromatic rings. The zero-order chi connectivity index (χ0) is 27.8. The second-order valence-electron chi connectivity index (χ2n) is 11.2. The SMILES string of the molecule is CCN(C(=O)COS(C)(=O)=O)C1Cc2cc(CCN3CCN(c4nsc5ccccc45)CC3)ccc2C1(C)C. The molecular weight excluding hydrogens is 532 g/mol. The molecule has 1 amide bonds. The maximum absolute atomic E-state index is 12.9.